The molecule has 0 radical (unpaired) electrons. The highest BCUT2D eigenvalue weighted by Crippen LogP contribution is 2.87. The van der Waals surface area contributed by atoms with E-state index in [1.54, 1.807) is 13.8 Å². The van der Waals surface area contributed by atoms with Gasteiger partial charge in [0.2, 0.25) is 0 Å². The Labute approximate surface area is 301 Å². The minimum absolute atomic E-state index is 0. The quantitative estimate of drug-likeness (QED) is 0.321. The van der Waals surface area contributed by atoms with Crippen LogP contribution < -0.4 is 0 Å². The summed E-state index contributed by atoms with van der Waals surface area (Å²) in [4.78, 5) is 15.8. The van der Waals surface area contributed by atoms with E-state index in [9.17, 15) is 9.90 Å². The first-order valence-corrected chi connectivity index (χ1v) is 20.6. The zero-order valence-electron chi connectivity index (χ0n) is 31.5. The van der Waals surface area contributed by atoms with E-state index < -0.39 is 11.7 Å². The maximum Gasteiger partial charge on any atom is 0.309 e. The zero-order valence-corrected chi connectivity index (χ0v) is 31.5. The molecule has 1 N–H and O–H groups in total. The Morgan fingerprint density at radius 1 is 0.900 bits per heavy atom. The molecule has 4 saturated heterocycles. The molecular formula is C41H67NO8. The fourth-order valence-corrected chi connectivity index (χ4v) is 14.2. The summed E-state index contributed by atoms with van der Waals surface area (Å²) < 4.78 is 37.3. The minimum atomic E-state index is -1.17. The largest absolute Gasteiger partial charge is 0.456 e. The van der Waals surface area contributed by atoms with Crippen molar-refractivity contribution in [3.05, 3.63) is 0 Å². The lowest BCUT2D eigenvalue weighted by atomic mass is 9.46. The average Bonchev–Trinajstić information content (AvgIpc) is 3.64. The molecule has 0 aromatic heterocycles. The number of ether oxygens (including phenoxy) is 6. The monoisotopic (exact) mass is 701 g/mol. The zero-order chi connectivity index (χ0) is 34.7. The highest BCUT2D eigenvalue weighted by atomic mass is 16.7. The molecular weight excluding hydrogens is 634 g/mol. The van der Waals surface area contributed by atoms with Gasteiger partial charge in [-0.25, -0.2) is 0 Å². The standard InChI is InChI=1S/C41H65NO8.H2/c1-37(2)32-9-7-27-29-20-31-28(6-8-30(48-31)35(38(3,4)44)50-36(43)25-11-17-45-18-12-25)39(29,5)14-15-40(27)24-41(32,40)13-10-33(37)49-34-21-42(16-19-47-34)26-22-46-23-26;/h25-35,44H,6-24H2,1-5H3;1H/t27?,28?,29?,30?,31?,32?,33-,34?,35-,39?,40?,41?;/m0./s1. The number of rotatable bonds is 7. The molecule has 10 unspecified atom stereocenters. The molecule has 5 aliphatic carbocycles. The van der Waals surface area contributed by atoms with Crippen molar-refractivity contribution < 1.29 is 39.7 Å². The van der Waals surface area contributed by atoms with E-state index in [2.05, 4.69) is 25.7 Å². The van der Waals surface area contributed by atoms with Crippen molar-refractivity contribution in [1.82, 2.24) is 4.90 Å². The normalized spacial score (nSPS) is 48.2. The van der Waals surface area contributed by atoms with Gasteiger partial charge >= 0.3 is 5.97 Å². The predicted molar refractivity (Wildman–Crippen MR) is 188 cm³/mol. The summed E-state index contributed by atoms with van der Waals surface area (Å²) in [5.74, 6) is 2.36. The lowest BCUT2D eigenvalue weighted by Crippen LogP contribution is -2.58. The first kappa shape index (κ1) is 34.9. The van der Waals surface area contributed by atoms with Gasteiger partial charge in [-0.15, -0.1) is 0 Å². The van der Waals surface area contributed by atoms with Crippen molar-refractivity contribution in [2.45, 2.75) is 154 Å². The van der Waals surface area contributed by atoms with Crippen molar-refractivity contribution in [3.8, 4) is 0 Å². The molecule has 0 amide bonds. The van der Waals surface area contributed by atoms with Crippen LogP contribution in [0.1, 0.15) is 113 Å². The van der Waals surface area contributed by atoms with Gasteiger partial charge in [0.15, 0.2) is 12.4 Å². The summed E-state index contributed by atoms with van der Waals surface area (Å²) in [6, 6.07) is 0.532. The van der Waals surface area contributed by atoms with E-state index in [1.165, 1.54) is 38.5 Å². The molecule has 2 spiro atoms. The third kappa shape index (κ3) is 5.35. The third-order valence-corrected chi connectivity index (χ3v) is 16.9. The molecule has 4 aliphatic heterocycles. The SMILES string of the molecule is CC12CCC34CC35CC[C@H](OC3CN(C6COC6)CCO3)C(C)(C)C5CCC4C1CC1OC([C@H](OC(=O)C3CCOCC3)C(C)(C)O)CCC12.[HH]. The minimum Gasteiger partial charge on any atom is -0.456 e. The molecule has 0 bridgehead atoms. The van der Waals surface area contributed by atoms with Crippen LogP contribution in [0.25, 0.3) is 0 Å². The molecule has 9 rings (SSSR count). The van der Waals surface area contributed by atoms with Crippen LogP contribution in [0.15, 0.2) is 0 Å². The summed E-state index contributed by atoms with van der Waals surface area (Å²) >= 11 is 0. The van der Waals surface area contributed by atoms with Gasteiger partial charge < -0.3 is 33.5 Å². The number of nitrogens with zero attached hydrogens (tertiary/aromatic N) is 1. The van der Waals surface area contributed by atoms with E-state index in [0.717, 1.165) is 64.5 Å². The van der Waals surface area contributed by atoms with Crippen LogP contribution in [0, 0.1) is 51.2 Å². The van der Waals surface area contributed by atoms with Gasteiger partial charge in [-0.1, -0.05) is 20.8 Å². The Morgan fingerprint density at radius 2 is 1.68 bits per heavy atom. The van der Waals surface area contributed by atoms with Crippen LogP contribution in [0.2, 0.25) is 0 Å². The maximum atomic E-state index is 13.2. The Kier molecular flexibility index (Phi) is 8.63. The number of carbonyl (C=O) groups excluding carboxylic acids is 1. The third-order valence-electron chi connectivity index (χ3n) is 16.9. The summed E-state index contributed by atoms with van der Waals surface area (Å²) in [6.45, 7) is 16.7. The number of esters is 1. The molecule has 0 aromatic carbocycles. The fourth-order valence-electron chi connectivity index (χ4n) is 14.2. The van der Waals surface area contributed by atoms with Crippen molar-refractivity contribution in [2.75, 3.05) is 46.1 Å². The first-order valence-electron chi connectivity index (χ1n) is 20.6. The molecule has 5 saturated carbocycles. The number of hydrogen-bond acceptors (Lipinski definition) is 9. The van der Waals surface area contributed by atoms with Crippen LogP contribution >= 0.6 is 0 Å². The van der Waals surface area contributed by atoms with Crippen LogP contribution in [0.5, 0.6) is 0 Å². The highest BCUT2D eigenvalue weighted by Gasteiger charge is 2.80. The predicted octanol–water partition coefficient (Wildman–Crippen LogP) is 5.99. The van der Waals surface area contributed by atoms with Gasteiger partial charge in [-0.2, -0.15) is 0 Å². The summed E-state index contributed by atoms with van der Waals surface area (Å²) in [5.41, 5.74) is 0.209. The van der Waals surface area contributed by atoms with Crippen molar-refractivity contribution >= 4 is 5.97 Å². The van der Waals surface area contributed by atoms with E-state index in [-0.39, 0.29) is 43.3 Å². The molecule has 9 nitrogen and oxygen atoms in total. The molecule has 9 fully saturated rings. The van der Waals surface area contributed by atoms with Crippen molar-refractivity contribution in [2.24, 2.45) is 51.2 Å². The Hall–Kier alpha value is -0.810. The molecule has 284 valence electrons. The topological polar surface area (TPSA) is 95.9 Å². The lowest BCUT2D eigenvalue weighted by molar-refractivity contribution is -0.253. The Bertz CT molecular complexity index is 1300. The van der Waals surface area contributed by atoms with Crippen LogP contribution in [-0.2, 0) is 33.2 Å². The summed E-state index contributed by atoms with van der Waals surface area (Å²) in [6.07, 6.45) is 13.0. The number of hydrogen-bond donors (Lipinski definition) is 1. The van der Waals surface area contributed by atoms with Gasteiger partial charge in [0.25, 0.3) is 0 Å². The van der Waals surface area contributed by atoms with E-state index in [4.69, 9.17) is 28.4 Å². The van der Waals surface area contributed by atoms with Gasteiger partial charge in [-0.05, 0) is 136 Å². The second-order valence-electron chi connectivity index (χ2n) is 19.8. The van der Waals surface area contributed by atoms with Gasteiger partial charge in [0, 0.05) is 21.2 Å². The van der Waals surface area contributed by atoms with E-state index in [1.807, 2.05) is 0 Å². The number of carbonyl (C=O) groups is 1. The molecule has 12 atom stereocenters. The van der Waals surface area contributed by atoms with Crippen molar-refractivity contribution in [1.29, 1.82) is 0 Å². The van der Waals surface area contributed by atoms with Gasteiger partial charge in [-0.3, -0.25) is 9.69 Å². The number of fused-ring (bicyclic) bond motifs is 4. The Morgan fingerprint density at radius 3 is 2.42 bits per heavy atom. The molecule has 9 heteroatoms. The smallest absolute Gasteiger partial charge is 0.309 e. The van der Waals surface area contributed by atoms with Gasteiger partial charge in [0.1, 0.15) is 0 Å². The second-order valence-corrected chi connectivity index (χ2v) is 19.8. The fraction of sp³-hybridized carbons (Fsp3) is 0.976. The van der Waals surface area contributed by atoms with E-state index >= 15 is 0 Å². The second kappa shape index (κ2) is 12.4. The molecule has 9 aliphatic rings. The van der Waals surface area contributed by atoms with E-state index in [0.29, 0.717) is 66.1 Å². The number of aliphatic hydroxyl groups is 1. The molecule has 0 aromatic rings. The Balaban J connectivity index is 0.00000374. The lowest BCUT2D eigenvalue weighted by Gasteiger charge is -2.60. The summed E-state index contributed by atoms with van der Waals surface area (Å²) in [5, 5.41) is 11.3. The average molecular weight is 702 g/mol. The molecule has 4 heterocycles. The molecule has 50 heavy (non-hydrogen) atoms. The van der Waals surface area contributed by atoms with Crippen LogP contribution in [0.4, 0.5) is 0 Å². The summed E-state index contributed by atoms with van der Waals surface area (Å²) in [7, 11) is 0. The van der Waals surface area contributed by atoms with Crippen molar-refractivity contribution in [3.63, 3.8) is 0 Å². The maximum absolute atomic E-state index is 13.2. The first-order chi connectivity index (χ1) is 23.9. The number of morpholine rings is 1. The van der Waals surface area contributed by atoms with Crippen LogP contribution in [0.3, 0.4) is 0 Å². The highest BCUT2D eigenvalue weighted by molar-refractivity contribution is 5.72. The van der Waals surface area contributed by atoms with Crippen LogP contribution in [-0.4, -0.2) is 104 Å². The van der Waals surface area contributed by atoms with Gasteiger partial charge in [0.05, 0.1) is 62.2 Å².